The van der Waals surface area contributed by atoms with Gasteiger partial charge in [-0.1, -0.05) is 12.2 Å². The van der Waals surface area contributed by atoms with Crippen molar-refractivity contribution in [3.05, 3.63) is 62.8 Å². The van der Waals surface area contributed by atoms with E-state index >= 15 is 0 Å². The molecule has 0 spiro atoms. The van der Waals surface area contributed by atoms with E-state index in [0.717, 1.165) is 17.9 Å². The summed E-state index contributed by atoms with van der Waals surface area (Å²) in [6.07, 6.45) is 7.35. The molecule has 1 aromatic heterocycles. The van der Waals surface area contributed by atoms with Gasteiger partial charge in [0.05, 0.1) is 23.0 Å². The van der Waals surface area contributed by atoms with Crippen molar-refractivity contribution in [2.75, 3.05) is 0 Å². The summed E-state index contributed by atoms with van der Waals surface area (Å²) in [6, 6.07) is 7.74. The SMILES string of the molecule is O=C1C2C3C=CC(CC3)C2C(=O)N1/N=C/c1ccc(-c2ccc([N+](=O)[O-])cc2Br)o1. The molecule has 2 aromatic rings. The smallest absolute Gasteiger partial charge is 0.270 e. The van der Waals surface area contributed by atoms with Crippen LogP contribution in [0.5, 0.6) is 0 Å². The number of halogens is 1. The third-order valence-corrected chi connectivity index (χ3v) is 6.75. The van der Waals surface area contributed by atoms with E-state index < -0.39 is 4.92 Å². The summed E-state index contributed by atoms with van der Waals surface area (Å²) >= 11 is 3.32. The van der Waals surface area contributed by atoms with E-state index in [0.29, 0.717) is 21.6 Å². The maximum Gasteiger partial charge on any atom is 0.270 e. The van der Waals surface area contributed by atoms with Crippen LogP contribution in [0.15, 0.2) is 56.5 Å². The summed E-state index contributed by atoms with van der Waals surface area (Å²) < 4.78 is 6.26. The number of carbonyl (C=O) groups is 2. The maximum absolute atomic E-state index is 12.8. The average Bonchev–Trinajstić information content (AvgIpc) is 3.31. The zero-order valence-electron chi connectivity index (χ0n) is 15.6. The van der Waals surface area contributed by atoms with E-state index in [4.69, 9.17) is 4.42 Å². The Kier molecular flexibility index (Phi) is 4.43. The summed E-state index contributed by atoms with van der Waals surface area (Å²) in [5.41, 5.74) is 0.609. The van der Waals surface area contributed by atoms with Crippen molar-refractivity contribution >= 4 is 39.6 Å². The Balaban J connectivity index is 1.36. The van der Waals surface area contributed by atoms with E-state index in [2.05, 4.69) is 33.2 Å². The summed E-state index contributed by atoms with van der Waals surface area (Å²) in [5.74, 6) is -0.0172. The van der Waals surface area contributed by atoms with Crippen LogP contribution in [0.1, 0.15) is 18.6 Å². The molecule has 4 aliphatic rings. The first-order valence-electron chi connectivity index (χ1n) is 9.58. The number of furan rings is 1. The van der Waals surface area contributed by atoms with Gasteiger partial charge in [0.1, 0.15) is 11.5 Å². The van der Waals surface area contributed by atoms with Crippen molar-refractivity contribution in [2.45, 2.75) is 12.8 Å². The van der Waals surface area contributed by atoms with Gasteiger partial charge in [0, 0.05) is 22.2 Å². The Morgan fingerprint density at radius 2 is 1.77 bits per heavy atom. The molecule has 8 nitrogen and oxygen atoms in total. The highest BCUT2D eigenvalue weighted by Crippen LogP contribution is 2.49. The second-order valence-corrected chi connectivity index (χ2v) is 8.55. The standard InChI is InChI=1S/C21H16BrN3O5/c22-16-9-13(25(28)29)5-7-15(16)17-8-6-14(30-17)10-23-24-20(26)18-11-1-2-12(4-3-11)19(18)21(24)27/h1-2,5-12,18-19H,3-4H2/b23-10+. The number of fused-ring (bicyclic) bond motifs is 1. The molecule has 4 unspecified atom stereocenters. The molecule has 2 fully saturated rings. The normalized spacial score (nSPS) is 27.3. The predicted molar refractivity (Wildman–Crippen MR) is 110 cm³/mol. The molecule has 0 N–H and O–H groups in total. The lowest BCUT2D eigenvalue weighted by atomic mass is 9.63. The van der Waals surface area contributed by atoms with Crippen molar-refractivity contribution < 1.29 is 18.9 Å². The molecule has 152 valence electrons. The molecule has 1 aliphatic heterocycles. The van der Waals surface area contributed by atoms with Gasteiger partial charge in [-0.3, -0.25) is 19.7 Å². The van der Waals surface area contributed by atoms with E-state index in [1.807, 2.05) is 0 Å². The Bertz CT molecular complexity index is 1110. The molecule has 0 radical (unpaired) electrons. The highest BCUT2D eigenvalue weighted by atomic mass is 79.9. The topological polar surface area (TPSA) is 106 Å². The highest BCUT2D eigenvalue weighted by molar-refractivity contribution is 9.10. The predicted octanol–water partition coefficient (Wildman–Crippen LogP) is 4.15. The molecule has 3 aliphatic carbocycles. The molecule has 4 atom stereocenters. The number of benzene rings is 1. The first-order valence-corrected chi connectivity index (χ1v) is 10.4. The second kappa shape index (κ2) is 7.02. The number of non-ortho nitro benzene ring substituents is 1. The molecular weight excluding hydrogens is 454 g/mol. The highest BCUT2D eigenvalue weighted by Gasteiger charge is 2.56. The van der Waals surface area contributed by atoms with E-state index in [-0.39, 0.29) is 41.2 Å². The molecule has 2 amide bonds. The van der Waals surface area contributed by atoms with Crippen molar-refractivity contribution in [2.24, 2.45) is 28.8 Å². The van der Waals surface area contributed by atoms with E-state index in [1.54, 1.807) is 18.2 Å². The zero-order chi connectivity index (χ0) is 21.0. The Hall–Kier alpha value is -3.07. The molecule has 1 saturated carbocycles. The Morgan fingerprint density at radius 3 is 2.33 bits per heavy atom. The van der Waals surface area contributed by atoms with Gasteiger partial charge in [-0.25, -0.2) is 0 Å². The fourth-order valence-electron chi connectivity index (χ4n) is 4.67. The van der Waals surface area contributed by atoms with Gasteiger partial charge in [-0.2, -0.15) is 10.1 Å². The average molecular weight is 470 g/mol. The third-order valence-electron chi connectivity index (χ3n) is 6.09. The number of nitro groups is 1. The number of nitrogens with zero attached hydrogens (tertiary/aromatic N) is 3. The molecule has 1 aromatic carbocycles. The van der Waals surface area contributed by atoms with Crippen molar-refractivity contribution in [3.8, 4) is 11.3 Å². The van der Waals surface area contributed by atoms with E-state index in [1.165, 1.54) is 18.3 Å². The van der Waals surface area contributed by atoms with Gasteiger partial charge in [-0.15, -0.1) is 0 Å². The lowest BCUT2D eigenvalue weighted by Gasteiger charge is -2.37. The summed E-state index contributed by atoms with van der Waals surface area (Å²) in [4.78, 5) is 36.0. The lowest BCUT2D eigenvalue weighted by molar-refractivity contribution is -0.384. The van der Waals surface area contributed by atoms with Crippen LogP contribution in [0.2, 0.25) is 0 Å². The van der Waals surface area contributed by atoms with Gasteiger partial charge < -0.3 is 4.42 Å². The molecule has 2 bridgehead atoms. The number of nitro benzene ring substituents is 1. The van der Waals surface area contributed by atoms with Crippen LogP contribution >= 0.6 is 15.9 Å². The van der Waals surface area contributed by atoms with Crippen LogP contribution in [0.3, 0.4) is 0 Å². The van der Waals surface area contributed by atoms with Crippen LogP contribution in [-0.2, 0) is 9.59 Å². The minimum Gasteiger partial charge on any atom is -0.455 e. The molecule has 9 heteroatoms. The number of hydrogen-bond acceptors (Lipinski definition) is 6. The van der Waals surface area contributed by atoms with Crippen molar-refractivity contribution in [1.82, 2.24) is 5.01 Å². The van der Waals surface area contributed by atoms with Gasteiger partial charge in [0.2, 0.25) is 0 Å². The van der Waals surface area contributed by atoms with Gasteiger partial charge in [-0.05, 0) is 58.8 Å². The van der Waals surface area contributed by atoms with Crippen LogP contribution < -0.4 is 0 Å². The number of hydrogen-bond donors (Lipinski definition) is 0. The van der Waals surface area contributed by atoms with Gasteiger partial charge >= 0.3 is 0 Å². The molecule has 30 heavy (non-hydrogen) atoms. The molecule has 2 heterocycles. The number of hydrazone groups is 1. The van der Waals surface area contributed by atoms with E-state index in [9.17, 15) is 19.7 Å². The number of imide groups is 1. The van der Waals surface area contributed by atoms with Crippen LogP contribution in [-0.4, -0.2) is 28.0 Å². The fraction of sp³-hybridized carbons (Fsp3) is 0.286. The Morgan fingerprint density at radius 1 is 1.10 bits per heavy atom. The lowest BCUT2D eigenvalue weighted by Crippen LogP contribution is -2.38. The van der Waals surface area contributed by atoms with Crippen molar-refractivity contribution in [3.63, 3.8) is 0 Å². The quantitative estimate of drug-likeness (QED) is 0.220. The summed E-state index contributed by atoms with van der Waals surface area (Å²) in [7, 11) is 0. The minimum absolute atomic E-state index is 0.0325. The van der Waals surface area contributed by atoms with Crippen molar-refractivity contribution in [1.29, 1.82) is 0 Å². The summed E-state index contributed by atoms with van der Waals surface area (Å²) in [5, 5.41) is 16.0. The Labute approximate surface area is 179 Å². The van der Waals surface area contributed by atoms with Crippen LogP contribution in [0, 0.1) is 33.8 Å². The third kappa shape index (κ3) is 2.92. The van der Waals surface area contributed by atoms with Gasteiger partial charge in [0.25, 0.3) is 17.5 Å². The second-order valence-electron chi connectivity index (χ2n) is 7.70. The molecular formula is C21H16BrN3O5. The summed E-state index contributed by atoms with van der Waals surface area (Å²) in [6.45, 7) is 0. The maximum atomic E-state index is 12.8. The number of amides is 2. The molecule has 6 rings (SSSR count). The minimum atomic E-state index is -0.474. The largest absolute Gasteiger partial charge is 0.455 e. The number of rotatable bonds is 4. The van der Waals surface area contributed by atoms with Crippen LogP contribution in [0.4, 0.5) is 5.69 Å². The fourth-order valence-corrected chi connectivity index (χ4v) is 5.23. The molecule has 1 saturated heterocycles. The monoisotopic (exact) mass is 469 g/mol. The number of allylic oxidation sites excluding steroid dienone is 2. The zero-order valence-corrected chi connectivity index (χ0v) is 17.2. The number of carbonyl (C=O) groups excluding carboxylic acids is 2. The van der Waals surface area contributed by atoms with Crippen LogP contribution in [0.25, 0.3) is 11.3 Å². The van der Waals surface area contributed by atoms with Gasteiger partial charge in [0.15, 0.2) is 0 Å². The first-order chi connectivity index (χ1) is 14.4. The first kappa shape index (κ1) is 18.9.